The Bertz CT molecular complexity index is 1720. The molecule has 1 saturated carbocycles. The van der Waals surface area contributed by atoms with Crippen LogP contribution in [0, 0.1) is 0 Å². The number of pyridine rings is 1. The number of alkyl halides is 5. The second-order valence-corrected chi connectivity index (χ2v) is 13.0. The number of aromatic nitrogens is 5. The van der Waals surface area contributed by atoms with Gasteiger partial charge in [-0.1, -0.05) is 40.9 Å². The first kappa shape index (κ1) is 31.7. The maximum Gasteiger partial charge on any atom is 0.573 e. The van der Waals surface area contributed by atoms with Crippen molar-refractivity contribution in [1.29, 1.82) is 0 Å². The van der Waals surface area contributed by atoms with Gasteiger partial charge in [0.25, 0.3) is 5.92 Å². The minimum atomic E-state index is -4.83. The summed E-state index contributed by atoms with van der Waals surface area (Å²) in [5.41, 5.74) is 0.795. The highest BCUT2D eigenvalue weighted by Crippen LogP contribution is 2.45. The number of amides is 2. The highest BCUT2D eigenvalue weighted by Gasteiger charge is 2.44. The van der Waals surface area contributed by atoms with Crippen LogP contribution < -0.4 is 20.3 Å². The van der Waals surface area contributed by atoms with Crippen LogP contribution in [0.1, 0.15) is 52.4 Å². The van der Waals surface area contributed by atoms with Gasteiger partial charge >= 0.3 is 6.36 Å². The summed E-state index contributed by atoms with van der Waals surface area (Å²) in [6.45, 7) is -0.791. The van der Waals surface area contributed by atoms with Crippen LogP contribution in [0.25, 0.3) is 0 Å². The molecule has 242 valence electrons. The van der Waals surface area contributed by atoms with E-state index in [0.717, 1.165) is 41.4 Å². The van der Waals surface area contributed by atoms with E-state index in [4.69, 9.17) is 0 Å². The first-order valence-electron chi connectivity index (χ1n) is 14.1. The number of benzene rings is 1. The number of hydrogen-bond acceptors (Lipinski definition) is 11. The second-order valence-electron chi connectivity index (χ2n) is 10.9. The molecule has 11 nitrogen and oxygen atoms in total. The van der Waals surface area contributed by atoms with Gasteiger partial charge in [-0.15, -0.1) is 33.6 Å². The lowest BCUT2D eigenvalue weighted by atomic mass is 10.1. The van der Waals surface area contributed by atoms with Gasteiger partial charge in [0.1, 0.15) is 21.6 Å². The van der Waals surface area contributed by atoms with Crippen LogP contribution in [-0.4, -0.2) is 62.6 Å². The molecule has 1 aliphatic heterocycles. The molecule has 4 aromatic rings. The SMILES string of the molecule is O=C(Cc1cccc(OC(F)(F)F)c1)Nc1nnc(C2CCC(c3nnc(NC(=O)Cc4cccc(N5CC(F)(F)C5)n4)s3)C2)s1. The van der Waals surface area contributed by atoms with Crippen molar-refractivity contribution >= 4 is 50.6 Å². The van der Waals surface area contributed by atoms with Gasteiger partial charge in [-0.3, -0.25) is 9.59 Å². The van der Waals surface area contributed by atoms with Crippen LogP contribution in [0.4, 0.5) is 38.0 Å². The molecule has 1 aromatic carbocycles. The highest BCUT2D eigenvalue weighted by molar-refractivity contribution is 7.15. The summed E-state index contributed by atoms with van der Waals surface area (Å²) in [5.74, 6) is -3.36. The molecule has 2 amide bonds. The van der Waals surface area contributed by atoms with Crippen molar-refractivity contribution in [1.82, 2.24) is 25.4 Å². The van der Waals surface area contributed by atoms with Crippen LogP contribution >= 0.6 is 22.7 Å². The number of carbonyl (C=O) groups excluding carboxylic acids is 2. The van der Waals surface area contributed by atoms with E-state index in [1.807, 2.05) is 0 Å². The van der Waals surface area contributed by atoms with Gasteiger partial charge in [-0.25, -0.2) is 13.8 Å². The summed E-state index contributed by atoms with van der Waals surface area (Å²) in [6.07, 6.45) is -2.70. The van der Waals surface area contributed by atoms with Crippen molar-refractivity contribution in [3.63, 3.8) is 0 Å². The summed E-state index contributed by atoms with van der Waals surface area (Å²) in [5, 5.41) is 24.2. The van der Waals surface area contributed by atoms with E-state index in [1.54, 1.807) is 18.2 Å². The Morgan fingerprint density at radius 3 is 2.11 bits per heavy atom. The monoisotopic (exact) mass is 680 g/mol. The molecule has 2 aliphatic rings. The van der Waals surface area contributed by atoms with Crippen LogP contribution in [-0.2, 0) is 22.4 Å². The van der Waals surface area contributed by atoms with Crippen molar-refractivity contribution in [3.05, 3.63) is 63.7 Å². The molecule has 2 fully saturated rings. The quantitative estimate of drug-likeness (QED) is 0.207. The molecule has 1 saturated heterocycles. The van der Waals surface area contributed by atoms with Gasteiger partial charge in [0.2, 0.25) is 22.1 Å². The largest absolute Gasteiger partial charge is 0.573 e. The van der Waals surface area contributed by atoms with Gasteiger partial charge < -0.3 is 20.3 Å². The zero-order chi connectivity index (χ0) is 32.5. The van der Waals surface area contributed by atoms with Gasteiger partial charge in [-0.2, -0.15) is 0 Å². The fraction of sp³-hybridized carbons (Fsp3) is 0.393. The predicted molar refractivity (Wildman–Crippen MR) is 158 cm³/mol. The van der Waals surface area contributed by atoms with E-state index in [9.17, 15) is 31.5 Å². The lowest BCUT2D eigenvalue weighted by molar-refractivity contribution is -0.274. The maximum absolute atomic E-state index is 13.2. The van der Waals surface area contributed by atoms with E-state index in [0.29, 0.717) is 22.2 Å². The number of ether oxygens (including phenoxy) is 1. The highest BCUT2D eigenvalue weighted by atomic mass is 32.1. The molecular formula is C28H25F5N8O3S2. The maximum atomic E-state index is 13.2. The third kappa shape index (κ3) is 8.09. The fourth-order valence-electron chi connectivity index (χ4n) is 5.28. The predicted octanol–water partition coefficient (Wildman–Crippen LogP) is 5.55. The summed E-state index contributed by atoms with van der Waals surface area (Å²) in [7, 11) is 0. The molecule has 0 radical (unpaired) electrons. The summed E-state index contributed by atoms with van der Waals surface area (Å²) >= 11 is 2.51. The minimum absolute atomic E-state index is 0.0483. The number of carbonyl (C=O) groups is 2. The topological polar surface area (TPSA) is 135 Å². The minimum Gasteiger partial charge on any atom is -0.406 e. The summed E-state index contributed by atoms with van der Waals surface area (Å²) in [6, 6.07) is 10.2. The lowest BCUT2D eigenvalue weighted by Crippen LogP contribution is -2.56. The molecule has 0 bridgehead atoms. The molecular weight excluding hydrogens is 655 g/mol. The Morgan fingerprint density at radius 1 is 0.891 bits per heavy atom. The fourth-order valence-corrected chi connectivity index (χ4v) is 7.09. The third-order valence-electron chi connectivity index (χ3n) is 7.30. The van der Waals surface area contributed by atoms with Gasteiger partial charge in [0, 0.05) is 11.8 Å². The number of anilines is 3. The summed E-state index contributed by atoms with van der Waals surface area (Å²) < 4.78 is 67.8. The Kier molecular flexibility index (Phi) is 8.82. The zero-order valence-electron chi connectivity index (χ0n) is 23.8. The van der Waals surface area contributed by atoms with E-state index < -0.39 is 37.0 Å². The van der Waals surface area contributed by atoms with E-state index in [1.165, 1.54) is 39.7 Å². The molecule has 46 heavy (non-hydrogen) atoms. The molecule has 18 heteroatoms. The van der Waals surface area contributed by atoms with Crippen molar-refractivity contribution in [2.75, 3.05) is 28.6 Å². The first-order valence-corrected chi connectivity index (χ1v) is 15.7. The lowest BCUT2D eigenvalue weighted by Gasteiger charge is -2.39. The van der Waals surface area contributed by atoms with E-state index in [-0.39, 0.29) is 35.7 Å². The van der Waals surface area contributed by atoms with Gasteiger partial charge in [0.15, 0.2) is 0 Å². The Hall–Kier alpha value is -4.32. The second kappa shape index (κ2) is 12.8. The van der Waals surface area contributed by atoms with Crippen LogP contribution in [0.15, 0.2) is 42.5 Å². The molecule has 3 aromatic heterocycles. The Balaban J connectivity index is 0.978. The van der Waals surface area contributed by atoms with E-state index >= 15 is 0 Å². The smallest absolute Gasteiger partial charge is 0.406 e. The third-order valence-corrected chi connectivity index (χ3v) is 9.31. The standard InChI is InChI=1S/C28H25F5N8O3S2/c29-27(30)13-41(14-27)20-6-2-4-18(34-20)12-22(43)36-26-40-38-24(46-26)17-8-7-16(11-17)23-37-39-25(45-23)35-21(42)10-15-3-1-5-19(9-15)44-28(31,32)33/h1-6,9,16-17H,7-8,10-14H2,(H,35,39,42)(H,36,40,43). The zero-order valence-corrected chi connectivity index (χ0v) is 25.4. The number of hydrogen-bond donors (Lipinski definition) is 2. The Morgan fingerprint density at radius 2 is 1.50 bits per heavy atom. The molecule has 4 heterocycles. The average molecular weight is 681 g/mol. The first-order chi connectivity index (χ1) is 21.9. The Labute approximate surface area is 266 Å². The van der Waals surface area contributed by atoms with Crippen molar-refractivity contribution in [2.24, 2.45) is 0 Å². The average Bonchev–Trinajstić information content (AvgIpc) is 3.72. The number of halogens is 5. The summed E-state index contributed by atoms with van der Waals surface area (Å²) in [4.78, 5) is 30.9. The molecule has 2 unspecified atom stereocenters. The van der Waals surface area contributed by atoms with Crippen LogP contribution in [0.3, 0.4) is 0 Å². The van der Waals surface area contributed by atoms with Crippen LogP contribution in [0.5, 0.6) is 5.75 Å². The van der Waals surface area contributed by atoms with Crippen molar-refractivity contribution in [3.8, 4) is 5.75 Å². The molecule has 2 N–H and O–H groups in total. The van der Waals surface area contributed by atoms with E-state index in [2.05, 4.69) is 40.7 Å². The van der Waals surface area contributed by atoms with Crippen molar-refractivity contribution in [2.45, 2.75) is 56.2 Å². The number of nitrogens with one attached hydrogen (secondary N) is 2. The molecule has 0 spiro atoms. The van der Waals surface area contributed by atoms with Gasteiger partial charge in [0.05, 0.1) is 31.6 Å². The molecule has 6 rings (SSSR count). The number of nitrogens with zero attached hydrogens (tertiary/aromatic N) is 6. The molecule has 1 aliphatic carbocycles. The normalized spacial score (nSPS) is 19.0. The van der Waals surface area contributed by atoms with Crippen molar-refractivity contribution < 1.29 is 36.3 Å². The molecule has 2 atom stereocenters. The number of rotatable bonds is 10. The van der Waals surface area contributed by atoms with Crippen LogP contribution in [0.2, 0.25) is 0 Å². The van der Waals surface area contributed by atoms with Gasteiger partial charge in [-0.05, 0) is 49.1 Å².